The summed E-state index contributed by atoms with van der Waals surface area (Å²) in [4.78, 5) is 3.66. The van der Waals surface area contributed by atoms with E-state index in [-0.39, 0.29) is 11.6 Å². The van der Waals surface area contributed by atoms with Crippen LogP contribution in [-0.4, -0.2) is 0 Å². The highest BCUT2D eigenvalue weighted by Crippen LogP contribution is 2.43. The van der Waals surface area contributed by atoms with E-state index in [9.17, 15) is 0 Å². The second-order valence-electron chi connectivity index (χ2n) is 8.20. The molecule has 2 aromatic heterocycles. The smallest absolute Gasteiger partial charge is 0.216 e. The summed E-state index contributed by atoms with van der Waals surface area (Å²) in [6.07, 6.45) is 0. The maximum Gasteiger partial charge on any atom is 0.216 e. The van der Waals surface area contributed by atoms with E-state index >= 15 is 0 Å². The van der Waals surface area contributed by atoms with E-state index in [1.165, 1.54) is 0 Å². The fourth-order valence-electron chi connectivity index (χ4n) is 4.42. The summed E-state index contributed by atoms with van der Waals surface area (Å²) in [6, 6.07) is 17.7. The van der Waals surface area contributed by atoms with Crippen LogP contribution in [0.3, 0.4) is 0 Å². The van der Waals surface area contributed by atoms with Crippen molar-refractivity contribution in [2.75, 3.05) is 0 Å². The number of hydrogen-bond acceptors (Lipinski definition) is 1. The summed E-state index contributed by atoms with van der Waals surface area (Å²) in [6.45, 7) is 10.7. The summed E-state index contributed by atoms with van der Waals surface area (Å²) < 4.78 is 41.3. The molecule has 0 saturated heterocycles. The van der Waals surface area contributed by atoms with Crippen molar-refractivity contribution in [1.82, 2.24) is 0 Å². The summed E-state index contributed by atoms with van der Waals surface area (Å²) in [5, 5.41) is 1.79. The van der Waals surface area contributed by atoms with Crippen LogP contribution in [0.2, 0.25) is 0 Å². The third-order valence-corrected chi connectivity index (χ3v) is 6.27. The monoisotopic (exact) mass is 421 g/mol. The molecular formula is C29H25N2O+. The maximum absolute atomic E-state index is 8.99. The van der Waals surface area contributed by atoms with Crippen LogP contribution in [0.25, 0.3) is 49.2 Å². The van der Waals surface area contributed by atoms with Gasteiger partial charge in [0.05, 0.1) is 13.5 Å². The van der Waals surface area contributed by atoms with Gasteiger partial charge in [-0.15, -0.1) is 0 Å². The van der Waals surface area contributed by atoms with E-state index in [0.717, 1.165) is 33.0 Å². The molecule has 3 nitrogen and oxygen atoms in total. The predicted molar refractivity (Wildman–Crippen MR) is 131 cm³/mol. The molecule has 0 N–H and O–H groups in total. The molecule has 0 atom stereocenters. The quantitative estimate of drug-likeness (QED) is 0.213. The Kier molecular flexibility index (Phi) is 3.64. The highest BCUT2D eigenvalue weighted by atomic mass is 16.3. The summed E-state index contributed by atoms with van der Waals surface area (Å²) in [5.41, 5.74) is 7.11. The average molecular weight is 422 g/mol. The van der Waals surface area contributed by atoms with Gasteiger partial charge in [0.15, 0.2) is 11.4 Å². The Balaban J connectivity index is 1.93. The zero-order valence-electron chi connectivity index (χ0n) is 22.5. The van der Waals surface area contributed by atoms with Crippen molar-refractivity contribution in [3.8, 4) is 22.4 Å². The van der Waals surface area contributed by atoms with E-state index in [1.807, 2.05) is 55.5 Å². The minimum absolute atomic E-state index is 0.162. The zero-order chi connectivity index (χ0) is 25.9. The first-order chi connectivity index (χ1) is 17.0. The second-order valence-corrected chi connectivity index (χ2v) is 8.20. The molecule has 0 spiro atoms. The molecule has 0 saturated carbocycles. The topological polar surface area (TPSA) is 21.4 Å². The summed E-state index contributed by atoms with van der Waals surface area (Å²) in [5.74, 6) is 0. The van der Waals surface area contributed by atoms with Gasteiger partial charge in [0.25, 0.3) is 0 Å². The van der Waals surface area contributed by atoms with Gasteiger partial charge in [0.1, 0.15) is 18.2 Å². The first-order valence-electron chi connectivity index (χ1n) is 12.5. The largest absolute Gasteiger partial charge is 0.456 e. The number of furan rings is 1. The normalized spacial score (nSPS) is 13.5. The number of fused-ring (bicyclic) bond motifs is 3. The summed E-state index contributed by atoms with van der Waals surface area (Å²) in [7, 11) is 1.80. The Morgan fingerprint density at radius 2 is 1.81 bits per heavy atom. The molecule has 32 heavy (non-hydrogen) atoms. The first-order valence-corrected chi connectivity index (χ1v) is 10.5. The standard InChI is InChI=1S/C29H25N2O/c1-17-12-13-23-28-24(21-10-8-7-9-11-21)15-22(30-5)16-26(28)32-29(23)27(17)25-14-18(2)19(3)20(4)31(25)6/h7-16H,1-4,6H3/q+1/i3D3,14D. The molecular weight excluding hydrogens is 392 g/mol. The van der Waals surface area contributed by atoms with E-state index in [2.05, 4.69) is 4.85 Å². The van der Waals surface area contributed by atoms with Crippen LogP contribution in [0.1, 0.15) is 27.9 Å². The Morgan fingerprint density at radius 1 is 1.03 bits per heavy atom. The molecule has 2 heterocycles. The minimum Gasteiger partial charge on any atom is -0.456 e. The number of nitrogens with zero attached hydrogens (tertiary/aromatic N) is 2. The highest BCUT2D eigenvalue weighted by Gasteiger charge is 2.24. The van der Waals surface area contributed by atoms with Gasteiger partial charge in [-0.1, -0.05) is 42.5 Å². The molecule has 0 amide bonds. The van der Waals surface area contributed by atoms with Crippen molar-refractivity contribution >= 4 is 27.6 Å². The molecule has 156 valence electrons. The lowest BCUT2D eigenvalue weighted by Gasteiger charge is -2.10. The lowest BCUT2D eigenvalue weighted by Crippen LogP contribution is -2.36. The fourth-order valence-corrected chi connectivity index (χ4v) is 4.42. The lowest BCUT2D eigenvalue weighted by atomic mass is 9.95. The molecule has 3 heteroatoms. The molecule has 0 fully saturated rings. The van der Waals surface area contributed by atoms with Crippen molar-refractivity contribution < 1.29 is 14.5 Å². The Hall–Kier alpha value is -3.90. The average Bonchev–Trinajstić information content (AvgIpc) is 3.21. The van der Waals surface area contributed by atoms with Gasteiger partial charge in [-0.2, -0.15) is 4.57 Å². The van der Waals surface area contributed by atoms with Crippen LogP contribution in [0.15, 0.2) is 65.1 Å². The molecule has 0 radical (unpaired) electrons. The minimum atomic E-state index is -2.32. The van der Waals surface area contributed by atoms with Crippen LogP contribution < -0.4 is 4.57 Å². The third-order valence-electron chi connectivity index (χ3n) is 6.27. The number of aromatic nitrogens is 1. The molecule has 0 aliphatic carbocycles. The van der Waals surface area contributed by atoms with Gasteiger partial charge in [-0.25, -0.2) is 4.85 Å². The van der Waals surface area contributed by atoms with E-state index in [4.69, 9.17) is 16.5 Å². The number of aryl methyl sites for hydroxylation is 1. The second kappa shape index (κ2) is 7.35. The molecule has 0 bridgehead atoms. The van der Waals surface area contributed by atoms with Crippen molar-refractivity contribution in [1.29, 1.82) is 0 Å². The number of hydrogen-bond donors (Lipinski definition) is 0. The maximum atomic E-state index is 8.99. The first kappa shape index (κ1) is 15.8. The van der Waals surface area contributed by atoms with Gasteiger partial charge in [0, 0.05) is 33.4 Å². The number of benzene rings is 3. The van der Waals surface area contributed by atoms with Crippen molar-refractivity contribution in [2.45, 2.75) is 27.6 Å². The van der Waals surface area contributed by atoms with Gasteiger partial charge in [-0.05, 0) is 55.1 Å². The van der Waals surface area contributed by atoms with Crippen LogP contribution in [0.4, 0.5) is 5.69 Å². The van der Waals surface area contributed by atoms with Gasteiger partial charge in [0.2, 0.25) is 5.69 Å². The number of pyridine rings is 1. The Bertz CT molecular complexity index is 1700. The molecule has 3 aromatic carbocycles. The molecule has 0 unspecified atom stereocenters. The molecule has 0 aliphatic heterocycles. The fraction of sp³-hybridized carbons (Fsp3) is 0.172. The molecule has 5 aromatic rings. The number of rotatable bonds is 2. The van der Waals surface area contributed by atoms with Crippen molar-refractivity contribution in [3.63, 3.8) is 0 Å². The van der Waals surface area contributed by atoms with E-state index < -0.39 is 6.85 Å². The van der Waals surface area contributed by atoms with E-state index in [1.54, 1.807) is 31.5 Å². The van der Waals surface area contributed by atoms with Gasteiger partial charge < -0.3 is 4.42 Å². The Morgan fingerprint density at radius 3 is 2.53 bits per heavy atom. The summed E-state index contributed by atoms with van der Waals surface area (Å²) >= 11 is 0. The zero-order valence-corrected chi connectivity index (χ0v) is 18.5. The van der Waals surface area contributed by atoms with E-state index in [0.29, 0.717) is 33.8 Å². The molecule has 0 aliphatic rings. The van der Waals surface area contributed by atoms with Crippen molar-refractivity contribution in [2.24, 2.45) is 7.05 Å². The van der Waals surface area contributed by atoms with Crippen LogP contribution in [-0.2, 0) is 7.05 Å². The highest BCUT2D eigenvalue weighted by molar-refractivity contribution is 6.16. The SMILES string of the molecule is [2H]c1c(C)c(C([2H])([2H])[2H])c(C)[n+](C)c1-c1c(C)ccc2c1oc1cc([N+]#[C-])cc(-c3ccccc3)c12. The van der Waals surface area contributed by atoms with Gasteiger partial charge >= 0.3 is 0 Å². The predicted octanol–water partition coefficient (Wildman–Crippen LogP) is 7.53. The van der Waals surface area contributed by atoms with Crippen LogP contribution in [0.5, 0.6) is 0 Å². The van der Waals surface area contributed by atoms with Gasteiger partial charge in [-0.3, -0.25) is 0 Å². The van der Waals surface area contributed by atoms with Crippen LogP contribution in [0, 0.1) is 34.2 Å². The Labute approximate surface area is 194 Å². The van der Waals surface area contributed by atoms with Crippen LogP contribution >= 0.6 is 0 Å². The lowest BCUT2D eigenvalue weighted by molar-refractivity contribution is -0.667. The third kappa shape index (κ3) is 2.92. The van der Waals surface area contributed by atoms with Crippen molar-refractivity contribution in [3.05, 3.63) is 94.4 Å². The molecule has 5 rings (SSSR count).